The van der Waals surface area contributed by atoms with Crippen molar-refractivity contribution < 1.29 is 9.50 Å². The van der Waals surface area contributed by atoms with Gasteiger partial charge in [-0.15, -0.1) is 0 Å². The van der Waals surface area contributed by atoms with Crippen LogP contribution in [-0.4, -0.2) is 17.8 Å². The zero-order valence-electron chi connectivity index (χ0n) is 9.26. The van der Waals surface area contributed by atoms with Crippen molar-refractivity contribution in [2.24, 2.45) is 0 Å². The largest absolute Gasteiger partial charge is 0.395 e. The van der Waals surface area contributed by atoms with E-state index in [0.717, 1.165) is 12.0 Å². The van der Waals surface area contributed by atoms with Crippen LogP contribution in [0.25, 0.3) is 0 Å². The van der Waals surface area contributed by atoms with Crippen molar-refractivity contribution in [3.05, 3.63) is 35.1 Å². The molecule has 2 nitrogen and oxygen atoms in total. The van der Waals surface area contributed by atoms with Crippen LogP contribution in [0, 0.1) is 12.7 Å². The summed E-state index contributed by atoms with van der Waals surface area (Å²) < 4.78 is 13.0. The molecule has 0 bridgehead atoms. The van der Waals surface area contributed by atoms with E-state index in [2.05, 4.69) is 5.32 Å². The van der Waals surface area contributed by atoms with Crippen LogP contribution in [0.1, 0.15) is 24.5 Å². The molecule has 0 aliphatic heterocycles. The monoisotopic (exact) mass is 211 g/mol. The first-order valence-electron chi connectivity index (χ1n) is 5.26. The van der Waals surface area contributed by atoms with Crippen molar-refractivity contribution in [1.82, 2.24) is 5.32 Å². The van der Waals surface area contributed by atoms with E-state index in [9.17, 15) is 4.39 Å². The Morgan fingerprint density at radius 2 is 2.20 bits per heavy atom. The molecule has 1 unspecified atom stereocenters. The lowest BCUT2D eigenvalue weighted by Crippen LogP contribution is -2.31. The molecule has 0 aliphatic carbocycles. The van der Waals surface area contributed by atoms with Gasteiger partial charge in [-0.05, 0) is 30.5 Å². The SMILES string of the molecule is CCC(CO)NCc1ccc(F)c(C)c1. The zero-order chi connectivity index (χ0) is 11.3. The summed E-state index contributed by atoms with van der Waals surface area (Å²) in [5.74, 6) is -0.173. The molecule has 0 saturated carbocycles. The molecule has 1 aromatic carbocycles. The first-order valence-corrected chi connectivity index (χ1v) is 5.26. The Hall–Kier alpha value is -0.930. The van der Waals surface area contributed by atoms with Gasteiger partial charge in [0, 0.05) is 12.6 Å². The molecule has 0 saturated heterocycles. The molecule has 1 aromatic rings. The standard InChI is InChI=1S/C12H18FNO/c1-3-11(8-15)14-7-10-4-5-12(13)9(2)6-10/h4-6,11,14-15H,3,7-8H2,1-2H3. The third-order valence-corrected chi connectivity index (χ3v) is 2.53. The second kappa shape index (κ2) is 5.83. The Labute approximate surface area is 90.1 Å². The summed E-state index contributed by atoms with van der Waals surface area (Å²) in [5, 5.41) is 12.2. The maximum absolute atomic E-state index is 13.0. The summed E-state index contributed by atoms with van der Waals surface area (Å²) in [5.41, 5.74) is 1.70. The highest BCUT2D eigenvalue weighted by Crippen LogP contribution is 2.09. The number of benzene rings is 1. The first-order chi connectivity index (χ1) is 7.17. The first kappa shape index (κ1) is 12.1. The van der Waals surface area contributed by atoms with E-state index in [4.69, 9.17) is 5.11 Å². The summed E-state index contributed by atoms with van der Waals surface area (Å²) in [6.07, 6.45) is 0.886. The number of aryl methyl sites for hydroxylation is 1. The molecule has 0 fully saturated rings. The highest BCUT2D eigenvalue weighted by Gasteiger charge is 2.04. The lowest BCUT2D eigenvalue weighted by Gasteiger charge is -2.14. The van der Waals surface area contributed by atoms with E-state index >= 15 is 0 Å². The fourth-order valence-electron chi connectivity index (χ4n) is 1.42. The Balaban J connectivity index is 2.54. The summed E-state index contributed by atoms with van der Waals surface area (Å²) >= 11 is 0. The second-order valence-corrected chi connectivity index (χ2v) is 3.75. The summed E-state index contributed by atoms with van der Waals surface area (Å²) in [7, 11) is 0. The highest BCUT2D eigenvalue weighted by molar-refractivity contribution is 5.23. The van der Waals surface area contributed by atoms with Crippen LogP contribution < -0.4 is 5.32 Å². The average molecular weight is 211 g/mol. The van der Waals surface area contributed by atoms with E-state index < -0.39 is 0 Å². The third-order valence-electron chi connectivity index (χ3n) is 2.53. The van der Waals surface area contributed by atoms with E-state index in [1.807, 2.05) is 13.0 Å². The van der Waals surface area contributed by atoms with Crippen LogP contribution in [0.3, 0.4) is 0 Å². The minimum Gasteiger partial charge on any atom is -0.395 e. The van der Waals surface area contributed by atoms with Gasteiger partial charge in [0.15, 0.2) is 0 Å². The van der Waals surface area contributed by atoms with Gasteiger partial charge < -0.3 is 10.4 Å². The van der Waals surface area contributed by atoms with Crippen LogP contribution in [0.5, 0.6) is 0 Å². The molecule has 3 heteroatoms. The maximum atomic E-state index is 13.0. The molecule has 0 heterocycles. The zero-order valence-corrected chi connectivity index (χ0v) is 9.26. The van der Waals surface area contributed by atoms with Crippen LogP contribution in [0.15, 0.2) is 18.2 Å². The van der Waals surface area contributed by atoms with Crippen molar-refractivity contribution in [2.45, 2.75) is 32.9 Å². The predicted molar refractivity (Wildman–Crippen MR) is 59.1 cm³/mol. The fraction of sp³-hybridized carbons (Fsp3) is 0.500. The molecule has 1 rings (SSSR count). The number of nitrogens with one attached hydrogen (secondary N) is 1. The van der Waals surface area contributed by atoms with Crippen molar-refractivity contribution in [3.63, 3.8) is 0 Å². The molecular weight excluding hydrogens is 193 g/mol. The Morgan fingerprint density at radius 1 is 1.47 bits per heavy atom. The second-order valence-electron chi connectivity index (χ2n) is 3.75. The minimum absolute atomic E-state index is 0.121. The third kappa shape index (κ3) is 3.61. The molecule has 0 spiro atoms. The number of halogens is 1. The molecular formula is C12H18FNO. The maximum Gasteiger partial charge on any atom is 0.126 e. The summed E-state index contributed by atoms with van der Waals surface area (Å²) in [6, 6.07) is 5.19. The van der Waals surface area contributed by atoms with E-state index in [1.165, 1.54) is 6.07 Å². The Kier molecular flexibility index (Phi) is 4.72. The van der Waals surface area contributed by atoms with Crippen molar-refractivity contribution >= 4 is 0 Å². The molecule has 0 aromatic heterocycles. The van der Waals surface area contributed by atoms with Crippen LogP contribution in [0.2, 0.25) is 0 Å². The smallest absolute Gasteiger partial charge is 0.126 e. The van der Waals surface area contributed by atoms with Crippen molar-refractivity contribution in [3.8, 4) is 0 Å². The van der Waals surface area contributed by atoms with Crippen molar-refractivity contribution in [2.75, 3.05) is 6.61 Å². The van der Waals surface area contributed by atoms with Gasteiger partial charge in [0.25, 0.3) is 0 Å². The van der Waals surface area contributed by atoms with Gasteiger partial charge in [0.2, 0.25) is 0 Å². The topological polar surface area (TPSA) is 32.3 Å². The van der Waals surface area contributed by atoms with Gasteiger partial charge in [0.1, 0.15) is 5.82 Å². The van der Waals surface area contributed by atoms with Crippen molar-refractivity contribution in [1.29, 1.82) is 0 Å². The van der Waals surface area contributed by atoms with E-state index in [0.29, 0.717) is 12.1 Å². The Morgan fingerprint density at radius 3 is 2.73 bits per heavy atom. The molecule has 15 heavy (non-hydrogen) atoms. The molecule has 2 N–H and O–H groups in total. The van der Waals surface area contributed by atoms with Gasteiger partial charge >= 0.3 is 0 Å². The number of aliphatic hydroxyl groups is 1. The lowest BCUT2D eigenvalue weighted by atomic mass is 10.1. The quantitative estimate of drug-likeness (QED) is 0.780. The molecule has 0 radical (unpaired) electrons. The number of rotatable bonds is 5. The van der Waals surface area contributed by atoms with Gasteiger partial charge in [-0.25, -0.2) is 4.39 Å². The van der Waals surface area contributed by atoms with E-state index in [1.54, 1.807) is 13.0 Å². The molecule has 1 atom stereocenters. The number of hydrogen-bond acceptors (Lipinski definition) is 2. The van der Waals surface area contributed by atoms with Gasteiger partial charge in [-0.1, -0.05) is 19.1 Å². The van der Waals surface area contributed by atoms with Gasteiger partial charge in [0.05, 0.1) is 6.61 Å². The number of aliphatic hydroxyl groups excluding tert-OH is 1. The van der Waals surface area contributed by atoms with Crippen LogP contribution in [0.4, 0.5) is 4.39 Å². The lowest BCUT2D eigenvalue weighted by molar-refractivity contribution is 0.238. The number of hydrogen-bond donors (Lipinski definition) is 2. The molecule has 0 aliphatic rings. The minimum atomic E-state index is -0.173. The summed E-state index contributed by atoms with van der Waals surface area (Å²) in [4.78, 5) is 0. The molecule has 84 valence electrons. The highest BCUT2D eigenvalue weighted by atomic mass is 19.1. The predicted octanol–water partition coefficient (Wildman–Crippen LogP) is 1.99. The van der Waals surface area contributed by atoms with Crippen LogP contribution >= 0.6 is 0 Å². The normalized spacial score (nSPS) is 12.8. The van der Waals surface area contributed by atoms with Crippen LogP contribution in [-0.2, 0) is 6.54 Å². The van der Waals surface area contributed by atoms with Gasteiger partial charge in [-0.2, -0.15) is 0 Å². The van der Waals surface area contributed by atoms with Gasteiger partial charge in [-0.3, -0.25) is 0 Å². The fourth-order valence-corrected chi connectivity index (χ4v) is 1.42. The molecule has 0 amide bonds. The van der Waals surface area contributed by atoms with E-state index in [-0.39, 0.29) is 18.5 Å². The average Bonchev–Trinajstić information content (AvgIpc) is 2.24. The summed E-state index contributed by atoms with van der Waals surface area (Å²) in [6.45, 7) is 4.57. The Bertz CT molecular complexity index is 310.